The monoisotopic (exact) mass is 824 g/mol. The molecule has 8 aromatic rings. The second-order valence-corrected chi connectivity index (χ2v) is 11.9. The minimum Gasteiger partial charge on any atom is -0.512 e. The number of hydrogen-bond donors (Lipinski definition) is 0. The van der Waals surface area contributed by atoms with Crippen LogP contribution in [0.1, 0.15) is 5.56 Å². The van der Waals surface area contributed by atoms with Crippen LogP contribution < -0.4 is 19.1 Å². The van der Waals surface area contributed by atoms with Gasteiger partial charge in [-0.15, -0.1) is 12.1 Å². The molecule has 2 aliphatic rings. The summed E-state index contributed by atoms with van der Waals surface area (Å²) in [5.41, 5.74) is 11.8. The van der Waals surface area contributed by atoms with Crippen LogP contribution in [0, 0.1) is 31.5 Å². The first-order valence-corrected chi connectivity index (χ1v) is 16.2. The quantitative estimate of drug-likeness (QED) is 0.131. The van der Waals surface area contributed by atoms with Crippen molar-refractivity contribution in [3.63, 3.8) is 0 Å². The Labute approximate surface area is 306 Å². The number of aromatic nitrogens is 2. The number of nitrogens with zero attached hydrogens (tertiary/aromatic N) is 4. The number of hydrogen-bond acceptors (Lipinski definition) is 3. The first kappa shape index (κ1) is 31.4. The molecule has 0 atom stereocenters. The molecule has 0 aliphatic carbocycles. The second-order valence-electron chi connectivity index (χ2n) is 11.9. The Morgan fingerprint density at radius 1 is 0.560 bits per heavy atom. The molecule has 6 heteroatoms. The number of benzene rings is 7. The smallest absolute Gasteiger partial charge is 0.512 e. The van der Waals surface area contributed by atoms with Crippen LogP contribution in [-0.4, -0.2) is 4.57 Å². The fourth-order valence-electron chi connectivity index (χ4n) is 6.53. The van der Waals surface area contributed by atoms with Crippen LogP contribution in [0.5, 0.6) is 11.5 Å². The molecule has 3 heterocycles. The molecule has 0 unspecified atom stereocenters. The molecule has 2 aliphatic heterocycles. The van der Waals surface area contributed by atoms with Crippen molar-refractivity contribution in [2.24, 2.45) is 0 Å². The molecular weight excluding hydrogens is 796 g/mol. The van der Waals surface area contributed by atoms with Crippen molar-refractivity contribution in [2.75, 3.05) is 9.80 Å². The summed E-state index contributed by atoms with van der Waals surface area (Å²) in [7, 11) is 0. The summed E-state index contributed by atoms with van der Waals surface area (Å²) in [4.78, 5) is 4.47. The molecule has 0 saturated heterocycles. The van der Waals surface area contributed by atoms with Crippen molar-refractivity contribution in [1.29, 1.82) is 0 Å². The Morgan fingerprint density at radius 2 is 1.26 bits per heavy atom. The molecule has 0 fully saturated rings. The van der Waals surface area contributed by atoms with E-state index in [0.29, 0.717) is 0 Å². The van der Waals surface area contributed by atoms with Crippen molar-refractivity contribution in [3.8, 4) is 22.9 Å². The zero-order valence-electron chi connectivity index (χ0n) is 27.0. The van der Waals surface area contributed by atoms with Gasteiger partial charge in [0, 0.05) is 11.4 Å². The minimum atomic E-state index is 0. The Morgan fingerprint density at radius 3 is 2.08 bits per heavy atom. The fourth-order valence-corrected chi connectivity index (χ4v) is 6.53. The van der Waals surface area contributed by atoms with E-state index in [2.05, 4.69) is 135 Å². The third-order valence-electron chi connectivity index (χ3n) is 8.76. The molecule has 0 radical (unpaired) electrons. The molecule has 7 aromatic carbocycles. The van der Waals surface area contributed by atoms with Crippen LogP contribution in [-0.2, 0) is 21.1 Å². The van der Waals surface area contributed by atoms with E-state index in [4.69, 9.17) is 4.74 Å². The van der Waals surface area contributed by atoms with Gasteiger partial charge in [-0.05, 0) is 66.1 Å². The zero-order valence-corrected chi connectivity index (χ0v) is 29.3. The predicted octanol–water partition coefficient (Wildman–Crippen LogP) is 10.5. The van der Waals surface area contributed by atoms with Crippen molar-refractivity contribution in [2.45, 2.75) is 6.92 Å². The predicted molar refractivity (Wildman–Crippen MR) is 194 cm³/mol. The van der Waals surface area contributed by atoms with E-state index in [9.17, 15) is 0 Å². The van der Waals surface area contributed by atoms with Crippen molar-refractivity contribution in [3.05, 3.63) is 188 Å². The maximum absolute atomic E-state index is 6.21. The molecule has 0 bridgehead atoms. The third kappa shape index (κ3) is 5.37. The molecule has 0 spiro atoms. The van der Waals surface area contributed by atoms with Crippen LogP contribution in [0.3, 0.4) is 0 Å². The van der Waals surface area contributed by atoms with E-state index in [-0.39, 0.29) is 21.1 Å². The van der Waals surface area contributed by atoms with Gasteiger partial charge in [0.1, 0.15) is 11.4 Å². The van der Waals surface area contributed by atoms with E-state index in [0.717, 1.165) is 68.0 Å². The van der Waals surface area contributed by atoms with Gasteiger partial charge in [-0.1, -0.05) is 66.2 Å². The largest absolute Gasteiger partial charge is 4.00 e. The maximum atomic E-state index is 6.21. The number of rotatable bonds is 3. The van der Waals surface area contributed by atoms with Gasteiger partial charge in [0.25, 0.3) is 6.33 Å². The van der Waals surface area contributed by atoms with Gasteiger partial charge >= 0.3 is 21.1 Å². The number of aryl methyl sites for hydroxylation is 1. The Balaban J connectivity index is 0.000000145. The normalized spacial score (nSPS) is 12.0. The second kappa shape index (κ2) is 13.2. The maximum Gasteiger partial charge on any atom is 4.00 e. The molecule has 240 valence electrons. The summed E-state index contributed by atoms with van der Waals surface area (Å²) >= 11 is 0. The van der Waals surface area contributed by atoms with Crippen molar-refractivity contribution >= 4 is 45.2 Å². The van der Waals surface area contributed by atoms with Crippen molar-refractivity contribution < 1.29 is 30.4 Å². The van der Waals surface area contributed by atoms with Gasteiger partial charge < -0.3 is 19.1 Å². The first-order chi connectivity index (χ1) is 24.2. The van der Waals surface area contributed by atoms with Crippen molar-refractivity contribution in [1.82, 2.24) is 4.57 Å². The van der Waals surface area contributed by atoms with Crippen LogP contribution >= 0.6 is 0 Å². The summed E-state index contributed by atoms with van der Waals surface area (Å²) in [6.45, 7) is 2.10. The average Bonchev–Trinajstić information content (AvgIpc) is 3.56. The fraction of sp³-hybridized carbons (Fsp3) is 0.0227. The topological polar surface area (TPSA) is 24.5 Å². The van der Waals surface area contributed by atoms with E-state index >= 15 is 0 Å². The van der Waals surface area contributed by atoms with E-state index in [1.807, 2.05) is 72.8 Å². The number of para-hydroxylation sites is 7. The number of fused-ring (bicyclic) bond motifs is 5. The summed E-state index contributed by atoms with van der Waals surface area (Å²) in [6, 6.07) is 63.4. The van der Waals surface area contributed by atoms with E-state index in [1.54, 1.807) is 0 Å². The van der Waals surface area contributed by atoms with Crippen LogP contribution in [0.25, 0.3) is 22.4 Å². The summed E-state index contributed by atoms with van der Waals surface area (Å²) in [5.74, 6) is 1.64. The molecule has 0 saturated carbocycles. The molecule has 0 amide bonds. The molecule has 5 nitrogen and oxygen atoms in total. The molecule has 0 N–H and O–H groups in total. The molecule has 50 heavy (non-hydrogen) atoms. The Bertz CT molecular complexity index is 2440. The molecule has 10 rings (SSSR count). The summed E-state index contributed by atoms with van der Waals surface area (Å²) in [6.07, 6.45) is 3.44. The van der Waals surface area contributed by atoms with Gasteiger partial charge in [0.05, 0.1) is 22.4 Å². The van der Waals surface area contributed by atoms with Crippen LogP contribution in [0.4, 0.5) is 34.1 Å². The minimum absolute atomic E-state index is 0. The van der Waals surface area contributed by atoms with Gasteiger partial charge in [0.15, 0.2) is 0 Å². The van der Waals surface area contributed by atoms with Crippen LogP contribution in [0.2, 0.25) is 0 Å². The van der Waals surface area contributed by atoms with E-state index in [1.165, 1.54) is 5.56 Å². The molecular formula is C44H29N4OPt+. The number of ether oxygens (including phenoxy) is 1. The SMILES string of the molecule is Cc1ccc(-[n+]2[c-]n(-c3[c-]cccc3)c3ccccc32)cc1.[Pt+4].[c-]1cccc2c1N1c3[c-]cccc3N(c3ccccc3)c3cccc(c31)O2. The first-order valence-electron chi connectivity index (χ1n) is 16.2. The summed E-state index contributed by atoms with van der Waals surface area (Å²) < 4.78 is 10.4. The van der Waals surface area contributed by atoms with Gasteiger partial charge in [-0.25, -0.2) is 0 Å². The van der Waals surface area contributed by atoms with Gasteiger partial charge in [-0.2, -0.15) is 66.7 Å². The average molecular weight is 825 g/mol. The van der Waals surface area contributed by atoms with Gasteiger partial charge in [-0.3, -0.25) is 4.57 Å². The number of imidazole rings is 1. The number of anilines is 6. The van der Waals surface area contributed by atoms with Gasteiger partial charge in [0.2, 0.25) is 0 Å². The third-order valence-corrected chi connectivity index (χ3v) is 8.76. The Kier molecular flexibility index (Phi) is 8.28. The van der Waals surface area contributed by atoms with E-state index < -0.39 is 0 Å². The zero-order chi connectivity index (χ0) is 32.7. The molecule has 1 aromatic heterocycles. The standard InChI is InChI=1S/C24H14N2O.C20H15N2.Pt/c1-2-9-17(10-3-1)25-18-11-4-5-12-19(18)26-20-13-6-7-15-22(20)27-23-16-8-14-21(25)24(23)26;1-16-11-13-18(14-12-16)22-15-21(17-7-3-2-4-8-17)19-9-5-6-10-20(19)22;/h1-11,14-16H;2-7,9-14H,1H3;/q-2;-1;+4. The summed E-state index contributed by atoms with van der Waals surface area (Å²) in [5, 5.41) is 0. The van der Waals surface area contributed by atoms with Crippen LogP contribution in [0.15, 0.2) is 158 Å². The Hall–Kier alpha value is -5.90.